The Balaban J connectivity index is 3.26. The number of halogens is 1. The van der Waals surface area contributed by atoms with Gasteiger partial charge in [0.15, 0.2) is 0 Å². The first-order valence-corrected chi connectivity index (χ1v) is 6.48. The number of hydrogen-bond acceptors (Lipinski definition) is 1. The largest absolute Gasteiger partial charge is 0.384 e. The van der Waals surface area contributed by atoms with E-state index in [2.05, 4.69) is 32.2 Å². The normalized spacial score (nSPS) is 10.9. The average Bonchev–Trinajstić information content (AvgIpc) is 2.11. The van der Waals surface area contributed by atoms with Crippen molar-refractivity contribution >= 4 is 32.7 Å². The van der Waals surface area contributed by atoms with E-state index in [1.54, 1.807) is 0 Å². The summed E-state index contributed by atoms with van der Waals surface area (Å²) in [7, 11) is 1.08. The molecule has 78 valence electrons. The van der Waals surface area contributed by atoms with Crippen molar-refractivity contribution in [2.45, 2.75) is 26.7 Å². The minimum Gasteiger partial charge on any atom is -0.384 e. The van der Waals surface area contributed by atoms with Crippen LogP contribution in [0.25, 0.3) is 0 Å². The molecule has 1 rings (SSSR count). The summed E-state index contributed by atoms with van der Waals surface area (Å²) in [4.78, 5) is 0. The lowest BCUT2D eigenvalue weighted by atomic mass is 10.0. The van der Waals surface area contributed by atoms with Gasteiger partial charge in [-0.1, -0.05) is 36.7 Å². The van der Waals surface area contributed by atoms with Crippen molar-refractivity contribution in [3.8, 4) is 0 Å². The molecule has 0 aliphatic rings. The van der Waals surface area contributed by atoms with E-state index < -0.39 is 0 Å². The summed E-state index contributed by atoms with van der Waals surface area (Å²) in [5.41, 5.74) is 2.53. The van der Waals surface area contributed by atoms with Crippen LogP contribution in [0, 0.1) is 0 Å². The second-order valence-corrected chi connectivity index (χ2v) is 5.32. The third kappa shape index (κ3) is 2.31. The molecule has 1 aromatic carbocycles. The van der Waals surface area contributed by atoms with E-state index in [0.717, 1.165) is 27.5 Å². The first-order chi connectivity index (χ1) is 6.57. The van der Waals surface area contributed by atoms with Crippen LogP contribution in [0.5, 0.6) is 0 Å². The third-order valence-electron chi connectivity index (χ3n) is 2.34. The third-order valence-corrected chi connectivity index (χ3v) is 3.53. The maximum atomic E-state index is 6.18. The Morgan fingerprint density at radius 3 is 2.57 bits per heavy atom. The van der Waals surface area contributed by atoms with Gasteiger partial charge in [-0.2, -0.15) is 0 Å². The smallest absolute Gasteiger partial charge is 0.0640 e. The van der Waals surface area contributed by atoms with Crippen LogP contribution in [0.3, 0.4) is 0 Å². The molecule has 1 aromatic rings. The van der Waals surface area contributed by atoms with Crippen molar-refractivity contribution in [2.75, 3.05) is 11.9 Å². The molecule has 1 N–H and O–H groups in total. The highest BCUT2D eigenvalue weighted by Crippen LogP contribution is 2.29. The van der Waals surface area contributed by atoms with Crippen molar-refractivity contribution < 1.29 is 0 Å². The van der Waals surface area contributed by atoms with Crippen LogP contribution >= 0.6 is 11.6 Å². The van der Waals surface area contributed by atoms with Crippen LogP contribution in [-0.4, -0.2) is 16.8 Å². The standard InChI is InChI=1S/C11H18ClNSi/c1-4-13-11-8(12)5-6-9(14)10(11)7(2)3/h5-7,13H,4H2,1-3,14H3. The van der Waals surface area contributed by atoms with Gasteiger partial charge >= 0.3 is 0 Å². The predicted octanol–water partition coefficient (Wildman–Crippen LogP) is 1.89. The first kappa shape index (κ1) is 11.6. The number of anilines is 1. The minimum atomic E-state index is 0.537. The van der Waals surface area contributed by atoms with Crippen LogP contribution in [0.2, 0.25) is 5.02 Å². The lowest BCUT2D eigenvalue weighted by Crippen LogP contribution is -2.15. The number of rotatable bonds is 3. The van der Waals surface area contributed by atoms with Gasteiger partial charge in [0.1, 0.15) is 0 Å². The summed E-state index contributed by atoms with van der Waals surface area (Å²) in [5, 5.41) is 5.64. The Bertz CT molecular complexity index is 323. The zero-order chi connectivity index (χ0) is 10.7. The fourth-order valence-corrected chi connectivity index (χ4v) is 3.02. The maximum Gasteiger partial charge on any atom is 0.0640 e. The maximum absolute atomic E-state index is 6.18. The molecule has 0 bridgehead atoms. The summed E-state index contributed by atoms with van der Waals surface area (Å²) in [6, 6.07) is 4.14. The fraction of sp³-hybridized carbons (Fsp3) is 0.455. The summed E-state index contributed by atoms with van der Waals surface area (Å²) in [6.45, 7) is 7.45. The lowest BCUT2D eigenvalue weighted by Gasteiger charge is -2.18. The van der Waals surface area contributed by atoms with Gasteiger partial charge in [0, 0.05) is 16.8 Å². The number of hydrogen-bond donors (Lipinski definition) is 1. The highest BCUT2D eigenvalue weighted by molar-refractivity contribution is 6.37. The molecule has 0 unspecified atom stereocenters. The first-order valence-electron chi connectivity index (χ1n) is 5.10. The molecule has 14 heavy (non-hydrogen) atoms. The molecule has 3 heteroatoms. The quantitative estimate of drug-likeness (QED) is 0.778. The van der Waals surface area contributed by atoms with Gasteiger partial charge in [0.05, 0.1) is 10.7 Å². The van der Waals surface area contributed by atoms with Gasteiger partial charge in [-0.15, -0.1) is 0 Å². The van der Waals surface area contributed by atoms with E-state index in [-0.39, 0.29) is 0 Å². The Kier molecular flexibility index (Phi) is 4.02. The van der Waals surface area contributed by atoms with Crippen LogP contribution in [0.15, 0.2) is 12.1 Å². The van der Waals surface area contributed by atoms with Crippen molar-refractivity contribution in [3.05, 3.63) is 22.7 Å². The molecular weight excluding hydrogens is 210 g/mol. The molecule has 0 amide bonds. The Hall–Kier alpha value is -0.473. The van der Waals surface area contributed by atoms with Gasteiger partial charge in [0.25, 0.3) is 0 Å². The topological polar surface area (TPSA) is 12.0 Å². The molecule has 0 saturated heterocycles. The number of benzene rings is 1. The summed E-state index contributed by atoms with van der Waals surface area (Å²) < 4.78 is 0. The van der Waals surface area contributed by atoms with Gasteiger partial charge in [-0.25, -0.2) is 0 Å². The van der Waals surface area contributed by atoms with E-state index in [1.165, 1.54) is 10.8 Å². The summed E-state index contributed by atoms with van der Waals surface area (Å²) in [6.07, 6.45) is 0. The van der Waals surface area contributed by atoms with E-state index in [0.29, 0.717) is 5.92 Å². The molecule has 0 aromatic heterocycles. The Morgan fingerprint density at radius 1 is 1.43 bits per heavy atom. The molecule has 0 saturated carbocycles. The SMILES string of the molecule is CCNc1c(Cl)ccc([SiH3])c1C(C)C. The predicted molar refractivity (Wildman–Crippen MR) is 69.3 cm³/mol. The van der Waals surface area contributed by atoms with Gasteiger partial charge in [-0.3, -0.25) is 0 Å². The lowest BCUT2D eigenvalue weighted by molar-refractivity contribution is 0.873. The van der Waals surface area contributed by atoms with E-state index in [1.807, 2.05) is 6.07 Å². The van der Waals surface area contributed by atoms with Crippen LogP contribution in [0.4, 0.5) is 5.69 Å². The van der Waals surface area contributed by atoms with E-state index in [9.17, 15) is 0 Å². The molecule has 1 nitrogen and oxygen atoms in total. The number of nitrogens with one attached hydrogen (secondary N) is 1. The van der Waals surface area contributed by atoms with Crippen molar-refractivity contribution in [1.29, 1.82) is 0 Å². The second-order valence-electron chi connectivity index (χ2n) is 3.84. The van der Waals surface area contributed by atoms with Crippen molar-refractivity contribution in [2.24, 2.45) is 0 Å². The van der Waals surface area contributed by atoms with Crippen LogP contribution in [0.1, 0.15) is 32.3 Å². The van der Waals surface area contributed by atoms with E-state index in [4.69, 9.17) is 11.6 Å². The average molecular weight is 228 g/mol. The van der Waals surface area contributed by atoms with Crippen molar-refractivity contribution in [1.82, 2.24) is 0 Å². The molecular formula is C11H18ClNSi. The minimum absolute atomic E-state index is 0.537. The zero-order valence-corrected chi connectivity index (χ0v) is 12.1. The van der Waals surface area contributed by atoms with Gasteiger partial charge in [0.2, 0.25) is 0 Å². The van der Waals surface area contributed by atoms with Gasteiger partial charge in [-0.05, 0) is 24.5 Å². The Labute approximate surface area is 94.3 Å². The van der Waals surface area contributed by atoms with Gasteiger partial charge < -0.3 is 5.32 Å². The molecule has 0 aliphatic heterocycles. The van der Waals surface area contributed by atoms with E-state index >= 15 is 0 Å². The van der Waals surface area contributed by atoms with Crippen LogP contribution in [-0.2, 0) is 0 Å². The summed E-state index contributed by atoms with van der Waals surface area (Å²) in [5.74, 6) is 0.537. The molecule has 0 aliphatic carbocycles. The molecule has 0 atom stereocenters. The molecule has 0 spiro atoms. The highest BCUT2D eigenvalue weighted by atomic mass is 35.5. The zero-order valence-electron chi connectivity index (χ0n) is 9.32. The molecule has 0 heterocycles. The van der Waals surface area contributed by atoms with Crippen LogP contribution < -0.4 is 10.5 Å². The fourth-order valence-electron chi connectivity index (χ4n) is 1.80. The molecule has 0 radical (unpaired) electrons. The van der Waals surface area contributed by atoms with Crippen molar-refractivity contribution in [3.63, 3.8) is 0 Å². The monoisotopic (exact) mass is 227 g/mol. The highest BCUT2D eigenvalue weighted by Gasteiger charge is 2.11. The summed E-state index contributed by atoms with van der Waals surface area (Å²) >= 11 is 6.18. The molecule has 0 fully saturated rings. The second kappa shape index (κ2) is 4.85. The Morgan fingerprint density at radius 2 is 2.07 bits per heavy atom.